The molecule has 1 saturated carbocycles. The molecule has 2 rings (SSSR count). The number of benzene rings is 1. The molecule has 1 aromatic carbocycles. The zero-order chi connectivity index (χ0) is 14.9. The maximum Gasteiger partial charge on any atom is 0.267 e. The molecular formula is C13H15F2NO3S. The largest absolute Gasteiger partial charge is 0.268 e. The van der Waals surface area contributed by atoms with E-state index >= 15 is 0 Å². The number of rotatable bonds is 5. The molecule has 4 nitrogen and oxygen atoms in total. The molecule has 0 radical (unpaired) electrons. The highest BCUT2D eigenvalue weighted by Crippen LogP contribution is 2.41. The van der Waals surface area contributed by atoms with Crippen molar-refractivity contribution in [3.63, 3.8) is 0 Å². The number of hydrogen-bond donors (Lipinski definition) is 1. The summed E-state index contributed by atoms with van der Waals surface area (Å²) in [4.78, 5) is 11.8. The molecule has 1 aliphatic rings. The van der Waals surface area contributed by atoms with E-state index in [2.05, 4.69) is 0 Å². The third-order valence-corrected chi connectivity index (χ3v) is 4.51. The Bertz CT molecular complexity index is 639. The monoisotopic (exact) mass is 303 g/mol. The zero-order valence-corrected chi connectivity index (χ0v) is 11.8. The first-order valence-electron chi connectivity index (χ1n) is 6.38. The Morgan fingerprint density at radius 1 is 1.30 bits per heavy atom. The van der Waals surface area contributed by atoms with Crippen LogP contribution in [-0.2, 0) is 10.0 Å². The van der Waals surface area contributed by atoms with Crippen LogP contribution < -0.4 is 4.72 Å². The lowest BCUT2D eigenvalue weighted by atomic mass is 10.1. The Morgan fingerprint density at radius 3 is 2.50 bits per heavy atom. The van der Waals surface area contributed by atoms with E-state index in [-0.39, 0.29) is 17.2 Å². The Hall–Kier alpha value is -1.50. The van der Waals surface area contributed by atoms with Crippen molar-refractivity contribution in [3.05, 3.63) is 34.9 Å². The van der Waals surface area contributed by atoms with E-state index in [0.717, 1.165) is 18.9 Å². The summed E-state index contributed by atoms with van der Waals surface area (Å²) < 4.78 is 52.0. The smallest absolute Gasteiger partial charge is 0.267 e. The molecule has 1 aromatic rings. The summed E-state index contributed by atoms with van der Waals surface area (Å²) in [6, 6.07) is 1.74. The van der Waals surface area contributed by atoms with E-state index in [9.17, 15) is 22.0 Å². The molecule has 110 valence electrons. The molecule has 0 atom stereocenters. The van der Waals surface area contributed by atoms with Crippen LogP contribution in [0.5, 0.6) is 0 Å². The molecule has 1 N–H and O–H groups in total. The standard InChI is InChI=1S/C13H15F2NO3S/c1-2-5-20(18,19)16-13(17)10-6-9(8-3-4-8)11(14)7-12(10)15/h6-8H,2-5H2,1H3,(H,16,17). The van der Waals surface area contributed by atoms with Crippen molar-refractivity contribution in [1.29, 1.82) is 0 Å². The summed E-state index contributed by atoms with van der Waals surface area (Å²) in [7, 11) is -3.78. The molecule has 1 fully saturated rings. The number of carbonyl (C=O) groups is 1. The van der Waals surface area contributed by atoms with Gasteiger partial charge in [0, 0.05) is 6.07 Å². The third-order valence-electron chi connectivity index (χ3n) is 3.07. The summed E-state index contributed by atoms with van der Waals surface area (Å²) in [5.74, 6) is -3.04. The van der Waals surface area contributed by atoms with Gasteiger partial charge in [-0.3, -0.25) is 4.79 Å². The number of amides is 1. The maximum atomic E-state index is 13.6. The number of sulfonamides is 1. The first-order valence-corrected chi connectivity index (χ1v) is 8.03. The minimum absolute atomic E-state index is 0.00519. The molecule has 0 spiro atoms. The number of carbonyl (C=O) groups excluding carboxylic acids is 1. The van der Waals surface area contributed by atoms with Crippen LogP contribution >= 0.6 is 0 Å². The normalized spacial score (nSPS) is 15.2. The van der Waals surface area contributed by atoms with Crippen molar-refractivity contribution in [2.24, 2.45) is 0 Å². The van der Waals surface area contributed by atoms with Crippen molar-refractivity contribution in [3.8, 4) is 0 Å². The molecule has 0 heterocycles. The van der Waals surface area contributed by atoms with E-state index in [0.29, 0.717) is 12.5 Å². The topological polar surface area (TPSA) is 63.2 Å². The van der Waals surface area contributed by atoms with Crippen LogP contribution in [0.2, 0.25) is 0 Å². The molecule has 1 aliphatic carbocycles. The number of halogens is 2. The van der Waals surface area contributed by atoms with Gasteiger partial charge in [0.25, 0.3) is 5.91 Å². The fraction of sp³-hybridized carbons (Fsp3) is 0.462. The van der Waals surface area contributed by atoms with E-state index in [4.69, 9.17) is 0 Å². The van der Waals surface area contributed by atoms with Crippen LogP contribution in [0.1, 0.15) is 48.0 Å². The van der Waals surface area contributed by atoms with E-state index in [1.54, 1.807) is 11.6 Å². The molecule has 0 saturated heterocycles. The molecule has 0 aromatic heterocycles. The highest BCUT2D eigenvalue weighted by molar-refractivity contribution is 7.90. The summed E-state index contributed by atoms with van der Waals surface area (Å²) in [6.45, 7) is 1.65. The Labute approximate surface area is 116 Å². The van der Waals surface area contributed by atoms with Gasteiger partial charge in [-0.25, -0.2) is 21.9 Å². The fourth-order valence-corrected chi connectivity index (χ4v) is 2.99. The SMILES string of the molecule is CCCS(=O)(=O)NC(=O)c1cc(C2CC2)c(F)cc1F. The number of hydrogen-bond acceptors (Lipinski definition) is 3. The maximum absolute atomic E-state index is 13.6. The van der Waals surface area contributed by atoms with Crippen LogP contribution in [0.3, 0.4) is 0 Å². The van der Waals surface area contributed by atoms with Crippen molar-refractivity contribution in [2.45, 2.75) is 32.1 Å². The summed E-state index contributed by atoms with van der Waals surface area (Å²) in [5, 5.41) is 0. The summed E-state index contributed by atoms with van der Waals surface area (Å²) >= 11 is 0. The molecule has 0 bridgehead atoms. The molecule has 1 amide bonds. The van der Waals surface area contributed by atoms with Gasteiger partial charge in [-0.1, -0.05) is 6.92 Å². The highest BCUT2D eigenvalue weighted by Gasteiger charge is 2.29. The van der Waals surface area contributed by atoms with E-state index < -0.39 is 33.1 Å². The van der Waals surface area contributed by atoms with Crippen LogP contribution in [-0.4, -0.2) is 20.1 Å². The van der Waals surface area contributed by atoms with Gasteiger partial charge < -0.3 is 0 Å². The van der Waals surface area contributed by atoms with Gasteiger partial charge in [-0.2, -0.15) is 0 Å². The van der Waals surface area contributed by atoms with Gasteiger partial charge in [0.15, 0.2) is 0 Å². The second-order valence-electron chi connectivity index (χ2n) is 4.88. The molecular weight excluding hydrogens is 288 g/mol. The second-order valence-corrected chi connectivity index (χ2v) is 6.72. The number of nitrogens with one attached hydrogen (secondary N) is 1. The predicted octanol–water partition coefficient (Wildman–Crippen LogP) is 2.31. The first kappa shape index (κ1) is 14.9. The zero-order valence-electron chi connectivity index (χ0n) is 10.9. The van der Waals surface area contributed by atoms with Gasteiger partial charge in [-0.15, -0.1) is 0 Å². The molecule has 0 aliphatic heterocycles. The van der Waals surface area contributed by atoms with Crippen molar-refractivity contribution >= 4 is 15.9 Å². The van der Waals surface area contributed by atoms with Crippen molar-refractivity contribution < 1.29 is 22.0 Å². The third kappa shape index (κ3) is 3.33. The first-order chi connectivity index (χ1) is 9.34. The van der Waals surface area contributed by atoms with Gasteiger partial charge in [-0.05, 0) is 36.8 Å². The van der Waals surface area contributed by atoms with Crippen LogP contribution in [0, 0.1) is 11.6 Å². The molecule has 20 heavy (non-hydrogen) atoms. The Kier molecular flexibility index (Phi) is 4.08. The average Bonchev–Trinajstić information content (AvgIpc) is 3.11. The summed E-state index contributed by atoms with van der Waals surface area (Å²) in [6.07, 6.45) is 1.91. The molecule has 0 unspecified atom stereocenters. The van der Waals surface area contributed by atoms with Gasteiger partial charge >= 0.3 is 0 Å². The van der Waals surface area contributed by atoms with Gasteiger partial charge in [0.1, 0.15) is 11.6 Å². The average molecular weight is 303 g/mol. The quantitative estimate of drug-likeness (QED) is 0.908. The molecule has 7 heteroatoms. The van der Waals surface area contributed by atoms with Crippen molar-refractivity contribution in [2.75, 3.05) is 5.75 Å². The lowest BCUT2D eigenvalue weighted by Crippen LogP contribution is -2.33. The van der Waals surface area contributed by atoms with E-state index in [1.165, 1.54) is 0 Å². The van der Waals surface area contributed by atoms with Gasteiger partial charge in [0.05, 0.1) is 11.3 Å². The highest BCUT2D eigenvalue weighted by atomic mass is 32.2. The minimum atomic E-state index is -3.78. The lowest BCUT2D eigenvalue weighted by Gasteiger charge is -2.09. The Morgan fingerprint density at radius 2 is 1.95 bits per heavy atom. The van der Waals surface area contributed by atoms with E-state index in [1.807, 2.05) is 0 Å². The van der Waals surface area contributed by atoms with Crippen molar-refractivity contribution in [1.82, 2.24) is 4.72 Å². The second kappa shape index (κ2) is 5.47. The summed E-state index contributed by atoms with van der Waals surface area (Å²) in [5.41, 5.74) is -0.169. The Balaban J connectivity index is 2.28. The van der Waals surface area contributed by atoms with Crippen LogP contribution in [0.4, 0.5) is 8.78 Å². The lowest BCUT2D eigenvalue weighted by molar-refractivity contribution is 0.0977. The minimum Gasteiger partial charge on any atom is -0.268 e. The predicted molar refractivity (Wildman–Crippen MR) is 69.9 cm³/mol. The van der Waals surface area contributed by atoms with Crippen LogP contribution in [0.15, 0.2) is 12.1 Å². The van der Waals surface area contributed by atoms with Crippen LogP contribution in [0.25, 0.3) is 0 Å². The van der Waals surface area contributed by atoms with Gasteiger partial charge in [0.2, 0.25) is 10.0 Å². The fourth-order valence-electron chi connectivity index (χ4n) is 1.96.